The van der Waals surface area contributed by atoms with Crippen LogP contribution in [0.3, 0.4) is 0 Å². The van der Waals surface area contributed by atoms with Crippen LogP contribution in [0.25, 0.3) is 0 Å². The Morgan fingerprint density at radius 1 is 1.23 bits per heavy atom. The smallest absolute Gasteiger partial charge is 0.417 e. The summed E-state index contributed by atoms with van der Waals surface area (Å²) in [6, 6.07) is 8.71. The topological polar surface area (TPSA) is 99.1 Å². The number of phenolic OH excluding ortho intramolecular Hbond substituents is 1. The summed E-state index contributed by atoms with van der Waals surface area (Å²) in [5.74, 6) is -0.981. The van der Waals surface area contributed by atoms with E-state index in [4.69, 9.17) is 11.6 Å². The van der Waals surface area contributed by atoms with Crippen molar-refractivity contribution < 1.29 is 31.5 Å². The quantitative estimate of drug-likeness (QED) is 0.507. The zero-order valence-electron chi connectivity index (χ0n) is 15.7. The number of para-hydroxylation sites is 1. The van der Waals surface area contributed by atoms with E-state index >= 15 is 0 Å². The molecule has 0 aliphatic heterocycles. The third-order valence-corrected chi connectivity index (χ3v) is 5.34. The molecule has 2 N–H and O–H groups in total. The minimum Gasteiger partial charge on any atom is -0.507 e. The number of nitrogens with one attached hydrogen (secondary N) is 1. The molecular weight excluding hydrogens is 447 g/mol. The molecule has 0 aliphatic rings. The molecule has 1 amide bonds. The summed E-state index contributed by atoms with van der Waals surface area (Å²) in [7, 11) is -4.11. The Balaban J connectivity index is 2.27. The highest BCUT2D eigenvalue weighted by Crippen LogP contribution is 2.37. The van der Waals surface area contributed by atoms with Gasteiger partial charge < -0.3 is 5.11 Å². The fourth-order valence-corrected chi connectivity index (χ4v) is 3.51. The first-order chi connectivity index (χ1) is 13.8. The molecule has 162 valence electrons. The van der Waals surface area contributed by atoms with Gasteiger partial charge in [0.2, 0.25) is 10.0 Å². The van der Waals surface area contributed by atoms with Crippen LogP contribution in [-0.2, 0) is 21.0 Å². The Hall–Kier alpha value is -2.79. The lowest BCUT2D eigenvalue weighted by atomic mass is 10.1. The number of anilines is 1. The predicted octanol–water partition coefficient (Wildman–Crippen LogP) is 3.37. The Kier molecular flexibility index (Phi) is 6.99. The number of hydrazone groups is 1. The van der Waals surface area contributed by atoms with Gasteiger partial charge in [-0.15, -0.1) is 0 Å². The van der Waals surface area contributed by atoms with Gasteiger partial charge in [-0.05, 0) is 37.3 Å². The van der Waals surface area contributed by atoms with Gasteiger partial charge in [0.05, 0.1) is 28.2 Å². The van der Waals surface area contributed by atoms with E-state index in [-0.39, 0.29) is 17.1 Å². The summed E-state index contributed by atoms with van der Waals surface area (Å²) in [4.78, 5) is 12.2. The Labute approximate surface area is 175 Å². The van der Waals surface area contributed by atoms with E-state index in [0.29, 0.717) is 15.9 Å². The zero-order chi connectivity index (χ0) is 22.7. The third kappa shape index (κ3) is 5.86. The van der Waals surface area contributed by atoms with Crippen molar-refractivity contribution in [1.82, 2.24) is 5.43 Å². The fourth-order valence-electron chi connectivity index (χ4n) is 2.44. The monoisotopic (exact) mass is 463 g/mol. The molecule has 0 aliphatic carbocycles. The number of hydrogen-bond acceptors (Lipinski definition) is 5. The van der Waals surface area contributed by atoms with Crippen LogP contribution >= 0.6 is 11.6 Å². The number of halogens is 4. The predicted molar refractivity (Wildman–Crippen MR) is 107 cm³/mol. The molecule has 0 atom stereocenters. The molecule has 0 aromatic heterocycles. The van der Waals surface area contributed by atoms with Gasteiger partial charge in [-0.2, -0.15) is 18.3 Å². The van der Waals surface area contributed by atoms with Gasteiger partial charge in [0.25, 0.3) is 5.91 Å². The molecule has 0 spiro atoms. The Morgan fingerprint density at radius 3 is 2.43 bits per heavy atom. The molecule has 7 nitrogen and oxygen atoms in total. The molecule has 2 aromatic rings. The van der Waals surface area contributed by atoms with E-state index in [1.807, 2.05) is 0 Å². The first-order valence-corrected chi connectivity index (χ1v) is 10.5. The maximum Gasteiger partial charge on any atom is 0.417 e. The highest BCUT2D eigenvalue weighted by Gasteiger charge is 2.34. The molecular formula is C18H17ClF3N3O4S. The van der Waals surface area contributed by atoms with Gasteiger partial charge in [0.15, 0.2) is 0 Å². The fraction of sp³-hybridized carbons (Fsp3) is 0.222. The second kappa shape index (κ2) is 8.92. The largest absolute Gasteiger partial charge is 0.507 e. The van der Waals surface area contributed by atoms with Crippen LogP contribution in [0.15, 0.2) is 47.6 Å². The van der Waals surface area contributed by atoms with Crippen LogP contribution in [0, 0.1) is 0 Å². The van der Waals surface area contributed by atoms with Gasteiger partial charge >= 0.3 is 6.18 Å². The molecule has 0 bridgehead atoms. The van der Waals surface area contributed by atoms with Crippen LogP contribution in [0.5, 0.6) is 5.75 Å². The summed E-state index contributed by atoms with van der Waals surface area (Å²) < 4.78 is 63.9. The second-order valence-corrected chi connectivity index (χ2v) is 8.49. The standard InChI is InChI=1S/C18H17ClF3N3O4S/c1-11(13-5-3-4-6-16(13)26)23-24-17(27)10-25(30(2,28)29)12-7-8-15(19)14(9-12)18(20,21)22/h3-9,26H,10H2,1-2H3,(H,24,27)/b23-11-. The highest BCUT2D eigenvalue weighted by atomic mass is 35.5. The second-order valence-electron chi connectivity index (χ2n) is 6.18. The van der Waals surface area contributed by atoms with Crippen molar-refractivity contribution in [3.63, 3.8) is 0 Å². The number of carbonyl (C=O) groups excluding carboxylic acids is 1. The molecule has 0 heterocycles. The molecule has 2 aromatic carbocycles. The maximum atomic E-state index is 13.1. The van der Waals surface area contributed by atoms with Crippen LogP contribution in [0.4, 0.5) is 18.9 Å². The number of aromatic hydroxyl groups is 1. The first-order valence-electron chi connectivity index (χ1n) is 8.26. The van der Waals surface area contributed by atoms with E-state index in [0.717, 1.165) is 18.4 Å². The molecule has 0 saturated carbocycles. The van der Waals surface area contributed by atoms with Crippen LogP contribution < -0.4 is 9.73 Å². The van der Waals surface area contributed by atoms with Gasteiger partial charge in [-0.3, -0.25) is 9.10 Å². The maximum absolute atomic E-state index is 13.1. The lowest BCUT2D eigenvalue weighted by molar-refractivity contribution is -0.137. The van der Waals surface area contributed by atoms with Crippen molar-refractivity contribution in [3.05, 3.63) is 58.6 Å². The van der Waals surface area contributed by atoms with Crippen LogP contribution in [0.2, 0.25) is 5.02 Å². The molecule has 30 heavy (non-hydrogen) atoms. The first kappa shape index (κ1) is 23.5. The van der Waals surface area contributed by atoms with E-state index in [9.17, 15) is 31.5 Å². The van der Waals surface area contributed by atoms with Gasteiger partial charge in [0, 0.05) is 5.56 Å². The van der Waals surface area contributed by atoms with Gasteiger partial charge in [-0.1, -0.05) is 23.7 Å². The number of amides is 1. The molecule has 0 fully saturated rings. The summed E-state index contributed by atoms with van der Waals surface area (Å²) in [5, 5.41) is 13.0. The number of nitrogens with zero attached hydrogens (tertiary/aromatic N) is 2. The number of carbonyl (C=O) groups is 1. The molecule has 2 rings (SSSR count). The molecule has 0 radical (unpaired) electrons. The third-order valence-electron chi connectivity index (χ3n) is 3.87. The van der Waals surface area contributed by atoms with E-state index < -0.39 is 39.2 Å². The number of phenols is 1. The summed E-state index contributed by atoms with van der Waals surface area (Å²) >= 11 is 5.56. The average molecular weight is 464 g/mol. The van der Waals surface area contributed by atoms with Crippen molar-refractivity contribution in [2.75, 3.05) is 17.1 Å². The minimum atomic E-state index is -4.81. The van der Waals surface area contributed by atoms with Crippen LogP contribution in [0.1, 0.15) is 18.1 Å². The normalized spacial score (nSPS) is 12.5. The molecule has 0 unspecified atom stereocenters. The summed E-state index contributed by atoms with van der Waals surface area (Å²) in [6.07, 6.45) is -4.06. The van der Waals surface area contributed by atoms with Gasteiger partial charge in [0.1, 0.15) is 12.3 Å². The number of hydrogen-bond donors (Lipinski definition) is 2. The lowest BCUT2D eigenvalue weighted by Crippen LogP contribution is -2.39. The Morgan fingerprint density at radius 2 is 1.87 bits per heavy atom. The average Bonchev–Trinajstić information content (AvgIpc) is 2.63. The number of sulfonamides is 1. The van der Waals surface area contributed by atoms with E-state index in [2.05, 4.69) is 10.5 Å². The molecule has 12 heteroatoms. The van der Waals surface area contributed by atoms with Crippen molar-refractivity contribution >= 4 is 38.9 Å². The highest BCUT2D eigenvalue weighted by molar-refractivity contribution is 7.92. The van der Waals surface area contributed by atoms with E-state index in [1.54, 1.807) is 18.2 Å². The van der Waals surface area contributed by atoms with E-state index in [1.165, 1.54) is 13.0 Å². The van der Waals surface area contributed by atoms with Crippen molar-refractivity contribution in [3.8, 4) is 5.75 Å². The number of rotatable bonds is 6. The number of alkyl halides is 3. The van der Waals surface area contributed by atoms with Crippen LogP contribution in [-0.4, -0.2) is 37.9 Å². The summed E-state index contributed by atoms with van der Waals surface area (Å²) in [5.41, 5.74) is 1.08. The SMILES string of the molecule is C/C(=N/NC(=O)CN(c1ccc(Cl)c(C(F)(F)F)c1)S(C)(=O)=O)c1ccccc1O. The van der Waals surface area contributed by atoms with Gasteiger partial charge in [-0.25, -0.2) is 13.8 Å². The van der Waals surface area contributed by atoms with Crippen molar-refractivity contribution in [1.29, 1.82) is 0 Å². The van der Waals surface area contributed by atoms with Crippen molar-refractivity contribution in [2.45, 2.75) is 13.1 Å². The van der Waals surface area contributed by atoms with Crippen molar-refractivity contribution in [2.24, 2.45) is 5.10 Å². The lowest BCUT2D eigenvalue weighted by Gasteiger charge is -2.22. The Bertz CT molecular complexity index is 1090. The molecule has 0 saturated heterocycles. The summed E-state index contributed by atoms with van der Waals surface area (Å²) in [6.45, 7) is 0.674. The number of benzene rings is 2. The zero-order valence-corrected chi connectivity index (χ0v) is 17.3. The minimum absolute atomic E-state index is 0.0772.